The second-order valence-corrected chi connectivity index (χ2v) is 7.11. The zero-order valence-electron chi connectivity index (χ0n) is 16.3. The summed E-state index contributed by atoms with van der Waals surface area (Å²) in [4.78, 5) is 0. The zero-order chi connectivity index (χ0) is 20.5. The number of nitrogens with one attached hydrogen (secondary N) is 1. The number of hydrogen-bond acceptors (Lipinski definition) is 2. The van der Waals surface area contributed by atoms with Crippen LogP contribution in [0.2, 0.25) is 0 Å². The first-order valence-electron chi connectivity index (χ1n) is 9.41. The van der Waals surface area contributed by atoms with Crippen LogP contribution in [-0.2, 0) is 0 Å². The first-order valence-corrected chi connectivity index (χ1v) is 9.41. The molecular formula is C27H20N2. The highest BCUT2D eigenvalue weighted by molar-refractivity contribution is 6.31. The third kappa shape index (κ3) is 3.03. The van der Waals surface area contributed by atoms with E-state index in [1.807, 2.05) is 18.2 Å². The lowest BCUT2D eigenvalue weighted by molar-refractivity contribution is 1.49. The molecule has 1 N–H and O–H groups in total. The van der Waals surface area contributed by atoms with E-state index >= 15 is 0 Å². The molecule has 2 nitrogen and oxygen atoms in total. The third-order valence-electron chi connectivity index (χ3n) is 5.33. The fourth-order valence-corrected chi connectivity index (χ4v) is 4.00. The molecule has 4 aromatic carbocycles. The van der Waals surface area contributed by atoms with E-state index in [-0.39, 0.29) is 5.71 Å². The van der Waals surface area contributed by atoms with Crippen LogP contribution in [0, 0.1) is 16.7 Å². The van der Waals surface area contributed by atoms with Gasteiger partial charge in [-0.1, -0.05) is 61.7 Å². The second-order valence-electron chi connectivity index (χ2n) is 7.11. The molecule has 29 heavy (non-hydrogen) atoms. The van der Waals surface area contributed by atoms with Crippen LogP contribution in [0.25, 0.3) is 43.5 Å². The molecule has 0 aliphatic carbocycles. The van der Waals surface area contributed by atoms with Gasteiger partial charge in [0, 0.05) is 5.57 Å². The Labute approximate surface area is 170 Å². The van der Waals surface area contributed by atoms with Crippen LogP contribution in [0.1, 0.15) is 18.1 Å². The smallest absolute Gasteiger partial charge is 0.139 e. The predicted octanol–water partition coefficient (Wildman–Crippen LogP) is 7.29. The van der Waals surface area contributed by atoms with E-state index < -0.39 is 0 Å². The maximum absolute atomic E-state index is 9.22. The highest BCUT2D eigenvalue weighted by atomic mass is 14.4. The summed E-state index contributed by atoms with van der Waals surface area (Å²) < 4.78 is 0. The molecule has 0 radical (unpaired) electrons. The van der Waals surface area contributed by atoms with Gasteiger partial charge in [0.25, 0.3) is 0 Å². The van der Waals surface area contributed by atoms with Gasteiger partial charge in [0.2, 0.25) is 0 Å². The highest BCUT2D eigenvalue weighted by Crippen LogP contribution is 2.38. The minimum Gasteiger partial charge on any atom is -0.290 e. The highest BCUT2D eigenvalue weighted by Gasteiger charge is 2.14. The molecule has 0 aliphatic heterocycles. The third-order valence-corrected chi connectivity index (χ3v) is 5.33. The van der Waals surface area contributed by atoms with E-state index in [2.05, 4.69) is 68.6 Å². The fraction of sp³-hybridized carbons (Fsp3) is 0.0370. The van der Waals surface area contributed by atoms with E-state index in [0.29, 0.717) is 5.57 Å². The van der Waals surface area contributed by atoms with Crippen molar-refractivity contribution < 1.29 is 0 Å². The lowest BCUT2D eigenvalue weighted by Gasteiger charge is -2.15. The van der Waals surface area contributed by atoms with Crippen LogP contribution in [-0.4, -0.2) is 5.71 Å². The quantitative estimate of drug-likeness (QED) is 0.223. The summed E-state index contributed by atoms with van der Waals surface area (Å²) in [7, 11) is 0. The molecule has 0 bridgehead atoms. The second kappa shape index (κ2) is 7.22. The van der Waals surface area contributed by atoms with E-state index in [1.165, 1.54) is 32.7 Å². The number of nitrogens with zero attached hydrogens (tertiary/aromatic N) is 1. The Hall–Kier alpha value is -3.96. The molecule has 0 heterocycles. The summed E-state index contributed by atoms with van der Waals surface area (Å²) in [5.41, 5.74) is 3.75. The number of nitriles is 1. The van der Waals surface area contributed by atoms with Crippen molar-refractivity contribution in [1.82, 2.24) is 0 Å². The van der Waals surface area contributed by atoms with Gasteiger partial charge < -0.3 is 0 Å². The van der Waals surface area contributed by atoms with Gasteiger partial charge in [-0.15, -0.1) is 0 Å². The van der Waals surface area contributed by atoms with Gasteiger partial charge in [0.15, 0.2) is 0 Å². The topological polar surface area (TPSA) is 47.6 Å². The van der Waals surface area contributed by atoms with E-state index in [1.54, 1.807) is 12.2 Å². The minimum absolute atomic E-state index is 0.0631. The molecule has 0 aromatic heterocycles. The Balaban J connectivity index is 2.03. The van der Waals surface area contributed by atoms with Gasteiger partial charge in [0.1, 0.15) is 11.8 Å². The maximum Gasteiger partial charge on any atom is 0.139 e. The van der Waals surface area contributed by atoms with E-state index in [0.717, 1.165) is 16.3 Å². The normalized spacial score (nSPS) is 12.4. The number of hydrogen-bond donors (Lipinski definition) is 1. The molecule has 4 rings (SSSR count). The average molecular weight is 372 g/mol. The largest absolute Gasteiger partial charge is 0.290 e. The van der Waals surface area contributed by atoms with Crippen molar-refractivity contribution in [2.75, 3.05) is 0 Å². The number of benzene rings is 4. The average Bonchev–Trinajstić information content (AvgIpc) is 2.74. The zero-order valence-corrected chi connectivity index (χ0v) is 16.3. The lowest BCUT2D eigenvalue weighted by atomic mass is 9.89. The Bertz CT molecular complexity index is 1340. The first kappa shape index (κ1) is 18.4. The van der Waals surface area contributed by atoms with Crippen molar-refractivity contribution in [1.29, 1.82) is 10.7 Å². The van der Waals surface area contributed by atoms with E-state index in [9.17, 15) is 5.26 Å². The molecule has 138 valence electrons. The lowest BCUT2D eigenvalue weighted by Crippen LogP contribution is -1.98. The SMILES string of the molecule is C=C/C=C(\C(=N)C#N)c1cc2ccc3cc(/C(C)=C/C=C)cc4ccc(c1)c2c34. The van der Waals surface area contributed by atoms with Gasteiger partial charge in [-0.05, 0) is 80.2 Å². The van der Waals surface area contributed by atoms with Crippen molar-refractivity contribution in [2.24, 2.45) is 0 Å². The molecule has 0 saturated carbocycles. The van der Waals surface area contributed by atoms with Gasteiger partial charge in [-0.2, -0.15) is 5.26 Å². The molecule has 0 saturated heterocycles. The summed E-state index contributed by atoms with van der Waals surface area (Å²) in [6.45, 7) is 9.62. The molecule has 0 fully saturated rings. The molecule has 4 aromatic rings. The summed E-state index contributed by atoms with van der Waals surface area (Å²) in [6.07, 6.45) is 7.18. The van der Waals surface area contributed by atoms with Crippen molar-refractivity contribution in [3.05, 3.63) is 97.1 Å². The van der Waals surface area contributed by atoms with Crippen LogP contribution in [0.3, 0.4) is 0 Å². The molecule has 0 spiro atoms. The standard InChI is InChI=1S/C27H20N2/c1-4-6-17(3)22-12-18-8-10-20-14-23(24(7-5-2)25(29)16-28)15-21-11-9-19(13-22)26(18)27(20)21/h4-15,29H,1-2H2,3H3/b17-6+,24-7-,29-25?. The Morgan fingerprint density at radius 1 is 0.828 bits per heavy atom. The number of rotatable bonds is 5. The molecule has 0 unspecified atom stereocenters. The Kier molecular flexibility index (Phi) is 4.58. The van der Waals surface area contributed by atoms with Crippen molar-refractivity contribution in [2.45, 2.75) is 6.92 Å². The van der Waals surface area contributed by atoms with Crippen LogP contribution in [0.4, 0.5) is 0 Å². The van der Waals surface area contributed by atoms with E-state index in [4.69, 9.17) is 5.41 Å². The van der Waals surface area contributed by atoms with Gasteiger partial charge in [0.05, 0.1) is 0 Å². The summed E-state index contributed by atoms with van der Waals surface area (Å²) in [6, 6.07) is 19.0. The molecule has 0 amide bonds. The monoisotopic (exact) mass is 372 g/mol. The van der Waals surface area contributed by atoms with Gasteiger partial charge in [-0.25, -0.2) is 0 Å². The minimum atomic E-state index is -0.0631. The summed E-state index contributed by atoms with van der Waals surface area (Å²) in [5.74, 6) is 0. The van der Waals surface area contributed by atoms with Crippen molar-refractivity contribution in [3.8, 4) is 6.07 Å². The summed E-state index contributed by atoms with van der Waals surface area (Å²) >= 11 is 0. The first-order chi connectivity index (χ1) is 14.1. The van der Waals surface area contributed by atoms with Gasteiger partial charge >= 0.3 is 0 Å². The Morgan fingerprint density at radius 2 is 1.28 bits per heavy atom. The van der Waals surface area contributed by atoms with Crippen LogP contribution in [0.15, 0.2) is 86.0 Å². The summed E-state index contributed by atoms with van der Waals surface area (Å²) in [5, 5.41) is 24.3. The molecule has 0 aliphatic rings. The predicted molar refractivity (Wildman–Crippen MR) is 126 cm³/mol. The number of allylic oxidation sites excluding steroid dienone is 6. The fourth-order valence-electron chi connectivity index (χ4n) is 4.00. The molecular weight excluding hydrogens is 352 g/mol. The van der Waals surface area contributed by atoms with Crippen LogP contribution in [0.5, 0.6) is 0 Å². The molecule has 2 heteroatoms. The Morgan fingerprint density at radius 3 is 1.69 bits per heavy atom. The van der Waals surface area contributed by atoms with Gasteiger partial charge in [-0.3, -0.25) is 5.41 Å². The molecule has 0 atom stereocenters. The maximum atomic E-state index is 9.22. The van der Waals surface area contributed by atoms with Crippen LogP contribution < -0.4 is 0 Å². The van der Waals surface area contributed by atoms with Crippen molar-refractivity contribution >= 4 is 49.2 Å². The van der Waals surface area contributed by atoms with Crippen molar-refractivity contribution in [3.63, 3.8) is 0 Å². The van der Waals surface area contributed by atoms with Crippen LogP contribution >= 0.6 is 0 Å².